The molecule has 1 unspecified atom stereocenters. The molecule has 112 valence electrons. The van der Waals surface area contributed by atoms with Gasteiger partial charge >= 0.3 is 0 Å². The molecule has 2 aromatic rings. The van der Waals surface area contributed by atoms with E-state index in [1.54, 1.807) is 0 Å². The van der Waals surface area contributed by atoms with Crippen molar-refractivity contribution in [1.29, 1.82) is 0 Å². The van der Waals surface area contributed by atoms with Gasteiger partial charge in [0.1, 0.15) is 0 Å². The number of fused-ring (bicyclic) bond motifs is 1. The highest BCUT2D eigenvalue weighted by Gasteiger charge is 2.40. The third-order valence-corrected chi connectivity index (χ3v) is 5.46. The molecule has 1 atom stereocenters. The van der Waals surface area contributed by atoms with Crippen LogP contribution in [-0.4, -0.2) is 6.54 Å². The van der Waals surface area contributed by atoms with Gasteiger partial charge in [-0.3, -0.25) is 0 Å². The highest BCUT2D eigenvalue weighted by atomic mass is 14.9. The standard InChI is InChI=1S/C20H27N/c1-3-20(14-7-8-15-20)19(21-4-2)18-13-9-11-16-10-5-6-12-17(16)18/h5-6,9-13,19,21H,3-4,7-8,14-15H2,1-2H3. The monoisotopic (exact) mass is 281 g/mol. The van der Waals surface area contributed by atoms with E-state index in [1.165, 1.54) is 48.4 Å². The van der Waals surface area contributed by atoms with Gasteiger partial charge in [-0.2, -0.15) is 0 Å². The first-order valence-corrected chi connectivity index (χ1v) is 8.52. The zero-order valence-electron chi connectivity index (χ0n) is 13.4. The normalized spacial score (nSPS) is 19.0. The van der Waals surface area contributed by atoms with Gasteiger partial charge in [0.25, 0.3) is 0 Å². The van der Waals surface area contributed by atoms with Crippen molar-refractivity contribution in [3.8, 4) is 0 Å². The van der Waals surface area contributed by atoms with Crippen molar-refractivity contribution in [3.05, 3.63) is 48.0 Å². The van der Waals surface area contributed by atoms with Crippen LogP contribution in [0, 0.1) is 5.41 Å². The summed E-state index contributed by atoms with van der Waals surface area (Å²) < 4.78 is 0. The fourth-order valence-electron chi connectivity index (χ4n) is 4.29. The van der Waals surface area contributed by atoms with Crippen molar-refractivity contribution in [2.75, 3.05) is 6.54 Å². The third kappa shape index (κ3) is 2.60. The van der Waals surface area contributed by atoms with Crippen LogP contribution in [0.15, 0.2) is 42.5 Å². The average Bonchev–Trinajstić information content (AvgIpc) is 3.02. The predicted molar refractivity (Wildman–Crippen MR) is 91.6 cm³/mol. The summed E-state index contributed by atoms with van der Waals surface area (Å²) in [7, 11) is 0. The number of benzene rings is 2. The Hall–Kier alpha value is -1.34. The predicted octanol–water partition coefficient (Wildman–Crippen LogP) is 5.46. The molecule has 21 heavy (non-hydrogen) atoms. The summed E-state index contributed by atoms with van der Waals surface area (Å²) in [6.45, 7) is 5.65. The summed E-state index contributed by atoms with van der Waals surface area (Å²) >= 11 is 0. The quantitative estimate of drug-likeness (QED) is 0.767. The van der Waals surface area contributed by atoms with Gasteiger partial charge in [0.15, 0.2) is 0 Å². The van der Waals surface area contributed by atoms with Crippen molar-refractivity contribution in [1.82, 2.24) is 5.32 Å². The maximum absolute atomic E-state index is 3.82. The van der Waals surface area contributed by atoms with Crippen molar-refractivity contribution < 1.29 is 0 Å². The van der Waals surface area contributed by atoms with E-state index in [4.69, 9.17) is 0 Å². The van der Waals surface area contributed by atoms with E-state index in [1.807, 2.05) is 0 Å². The van der Waals surface area contributed by atoms with E-state index in [-0.39, 0.29) is 0 Å². The molecule has 1 N–H and O–H groups in total. The summed E-state index contributed by atoms with van der Waals surface area (Å²) in [5, 5.41) is 6.61. The van der Waals surface area contributed by atoms with E-state index in [2.05, 4.69) is 61.6 Å². The topological polar surface area (TPSA) is 12.0 Å². The fraction of sp³-hybridized carbons (Fsp3) is 0.500. The average molecular weight is 281 g/mol. The van der Waals surface area contributed by atoms with Crippen molar-refractivity contribution in [3.63, 3.8) is 0 Å². The van der Waals surface area contributed by atoms with E-state index in [0.717, 1.165) is 6.54 Å². The second-order valence-corrected chi connectivity index (χ2v) is 6.48. The molecule has 1 saturated carbocycles. The summed E-state index contributed by atoms with van der Waals surface area (Å²) in [6, 6.07) is 16.1. The first-order chi connectivity index (χ1) is 10.3. The van der Waals surface area contributed by atoms with Crippen molar-refractivity contribution in [2.45, 2.75) is 52.0 Å². The molecule has 1 fully saturated rings. The molecule has 0 radical (unpaired) electrons. The Morgan fingerprint density at radius 2 is 1.71 bits per heavy atom. The Labute approximate surface area is 128 Å². The minimum atomic E-state index is 0.445. The number of rotatable bonds is 5. The molecule has 2 aromatic carbocycles. The van der Waals surface area contributed by atoms with Gasteiger partial charge in [-0.15, -0.1) is 0 Å². The smallest absolute Gasteiger partial charge is 0.0383 e. The van der Waals surface area contributed by atoms with Crippen LogP contribution in [0.2, 0.25) is 0 Å². The van der Waals surface area contributed by atoms with Crippen LogP contribution in [0.25, 0.3) is 10.8 Å². The Morgan fingerprint density at radius 1 is 1.00 bits per heavy atom. The van der Waals surface area contributed by atoms with Crippen molar-refractivity contribution in [2.24, 2.45) is 5.41 Å². The summed E-state index contributed by atoms with van der Waals surface area (Å²) in [5.74, 6) is 0. The molecule has 0 aromatic heterocycles. The zero-order chi connectivity index (χ0) is 14.7. The van der Waals surface area contributed by atoms with E-state index < -0.39 is 0 Å². The minimum Gasteiger partial charge on any atom is -0.310 e. The number of nitrogens with one attached hydrogen (secondary N) is 1. The third-order valence-electron chi connectivity index (χ3n) is 5.46. The van der Waals surface area contributed by atoms with E-state index in [0.29, 0.717) is 11.5 Å². The Balaban J connectivity index is 2.11. The molecule has 1 heteroatoms. The summed E-state index contributed by atoms with van der Waals surface area (Å²) in [5.41, 5.74) is 1.94. The lowest BCUT2D eigenvalue weighted by Gasteiger charge is -2.38. The van der Waals surface area contributed by atoms with Crippen LogP contribution in [-0.2, 0) is 0 Å². The SMILES string of the molecule is CCNC(c1cccc2ccccc12)C1(CC)CCCC1. The molecular weight excluding hydrogens is 254 g/mol. The molecule has 3 rings (SSSR count). The minimum absolute atomic E-state index is 0.445. The molecule has 0 saturated heterocycles. The largest absolute Gasteiger partial charge is 0.310 e. The first kappa shape index (κ1) is 14.6. The van der Waals surface area contributed by atoms with Crippen LogP contribution in [0.5, 0.6) is 0 Å². The summed E-state index contributed by atoms with van der Waals surface area (Å²) in [4.78, 5) is 0. The molecule has 0 amide bonds. The lowest BCUT2D eigenvalue weighted by molar-refractivity contribution is 0.190. The lowest BCUT2D eigenvalue weighted by atomic mass is 9.72. The Bertz CT molecular complexity index is 590. The zero-order valence-corrected chi connectivity index (χ0v) is 13.4. The highest BCUT2D eigenvalue weighted by Crippen LogP contribution is 2.50. The summed E-state index contributed by atoms with van der Waals surface area (Å²) in [6.07, 6.45) is 6.78. The molecule has 1 aliphatic rings. The maximum Gasteiger partial charge on any atom is 0.0383 e. The molecular formula is C20H27N. The highest BCUT2D eigenvalue weighted by molar-refractivity contribution is 5.86. The van der Waals surface area contributed by atoms with Gasteiger partial charge in [-0.05, 0) is 47.6 Å². The lowest BCUT2D eigenvalue weighted by Crippen LogP contribution is -2.36. The van der Waals surface area contributed by atoms with Crippen LogP contribution >= 0.6 is 0 Å². The second-order valence-electron chi connectivity index (χ2n) is 6.48. The number of hydrogen-bond donors (Lipinski definition) is 1. The molecule has 0 spiro atoms. The van der Waals surface area contributed by atoms with Gasteiger partial charge in [-0.1, -0.05) is 69.2 Å². The Morgan fingerprint density at radius 3 is 2.43 bits per heavy atom. The fourth-order valence-corrected chi connectivity index (χ4v) is 4.29. The molecule has 0 aliphatic heterocycles. The van der Waals surface area contributed by atoms with Crippen LogP contribution in [0.3, 0.4) is 0 Å². The van der Waals surface area contributed by atoms with Crippen molar-refractivity contribution >= 4 is 10.8 Å². The van der Waals surface area contributed by atoms with Gasteiger partial charge in [0, 0.05) is 6.04 Å². The number of hydrogen-bond acceptors (Lipinski definition) is 1. The van der Waals surface area contributed by atoms with Crippen LogP contribution < -0.4 is 5.32 Å². The molecule has 1 aliphatic carbocycles. The first-order valence-electron chi connectivity index (χ1n) is 8.52. The molecule has 1 nitrogen and oxygen atoms in total. The van der Waals surface area contributed by atoms with Crippen LogP contribution in [0.4, 0.5) is 0 Å². The molecule has 0 heterocycles. The van der Waals surface area contributed by atoms with E-state index in [9.17, 15) is 0 Å². The van der Waals surface area contributed by atoms with Gasteiger partial charge in [0.2, 0.25) is 0 Å². The second kappa shape index (κ2) is 6.19. The van der Waals surface area contributed by atoms with Crippen LogP contribution in [0.1, 0.15) is 57.6 Å². The Kier molecular flexibility index (Phi) is 4.30. The van der Waals surface area contributed by atoms with E-state index >= 15 is 0 Å². The molecule has 0 bridgehead atoms. The van der Waals surface area contributed by atoms with Gasteiger partial charge in [-0.25, -0.2) is 0 Å². The maximum atomic E-state index is 3.82. The van der Waals surface area contributed by atoms with Gasteiger partial charge in [0.05, 0.1) is 0 Å². The van der Waals surface area contributed by atoms with Gasteiger partial charge < -0.3 is 5.32 Å².